The summed E-state index contributed by atoms with van der Waals surface area (Å²) in [6.45, 7) is 4.63. The summed E-state index contributed by atoms with van der Waals surface area (Å²) >= 11 is 0. The SMILES string of the molecule is CCCCCCCCCCCCCCCCCC(CCCCCCCCCCCCCCCCC)CCCCc1ccccc1. The highest BCUT2D eigenvalue weighted by atomic mass is 14.1. The zero-order chi connectivity index (χ0) is 32.1. The van der Waals surface area contributed by atoms with Crippen molar-refractivity contribution in [3.05, 3.63) is 35.9 Å². The molecule has 0 saturated carbocycles. The van der Waals surface area contributed by atoms with Crippen LogP contribution in [0.15, 0.2) is 30.3 Å². The second-order valence-corrected chi connectivity index (χ2v) is 15.1. The van der Waals surface area contributed by atoms with Gasteiger partial charge in [0.05, 0.1) is 0 Å². The van der Waals surface area contributed by atoms with E-state index in [9.17, 15) is 0 Å². The zero-order valence-corrected chi connectivity index (χ0v) is 31.4. The van der Waals surface area contributed by atoms with Crippen LogP contribution in [0.3, 0.4) is 0 Å². The van der Waals surface area contributed by atoms with Gasteiger partial charge in [-0.3, -0.25) is 0 Å². The molecule has 0 aliphatic rings. The van der Waals surface area contributed by atoms with Gasteiger partial charge in [0.1, 0.15) is 0 Å². The number of hydrogen-bond acceptors (Lipinski definition) is 0. The number of aryl methyl sites for hydroxylation is 1. The van der Waals surface area contributed by atoms with Crippen molar-refractivity contribution in [3.8, 4) is 0 Å². The lowest BCUT2D eigenvalue weighted by atomic mass is 9.89. The van der Waals surface area contributed by atoms with Crippen LogP contribution in [-0.2, 0) is 6.42 Å². The highest BCUT2D eigenvalue weighted by molar-refractivity contribution is 5.14. The molecule has 0 radical (unpaired) electrons. The van der Waals surface area contributed by atoms with E-state index in [0.29, 0.717) is 0 Å². The molecule has 1 aromatic carbocycles. The molecule has 0 N–H and O–H groups in total. The number of rotatable bonds is 37. The minimum Gasteiger partial charge on any atom is -0.0654 e. The third-order valence-corrected chi connectivity index (χ3v) is 10.6. The molecular weight excluding hydrogens is 540 g/mol. The van der Waals surface area contributed by atoms with Gasteiger partial charge in [0.15, 0.2) is 0 Å². The van der Waals surface area contributed by atoms with Crippen molar-refractivity contribution in [2.24, 2.45) is 5.92 Å². The maximum atomic E-state index is 2.31. The molecule has 0 heterocycles. The van der Waals surface area contributed by atoms with E-state index in [2.05, 4.69) is 44.2 Å². The van der Waals surface area contributed by atoms with Gasteiger partial charge in [-0.2, -0.15) is 0 Å². The van der Waals surface area contributed by atoms with E-state index in [0.717, 1.165) is 5.92 Å². The molecule has 1 aromatic rings. The fraction of sp³-hybridized carbons (Fsp3) is 0.867. The zero-order valence-electron chi connectivity index (χ0n) is 31.4. The van der Waals surface area contributed by atoms with E-state index in [4.69, 9.17) is 0 Å². The van der Waals surface area contributed by atoms with Crippen LogP contribution in [0.2, 0.25) is 0 Å². The Bertz CT molecular complexity index is 613. The van der Waals surface area contributed by atoms with Crippen LogP contribution < -0.4 is 0 Å². The van der Waals surface area contributed by atoms with Crippen molar-refractivity contribution in [2.75, 3.05) is 0 Å². The molecule has 0 saturated heterocycles. The molecule has 0 fully saturated rings. The molecule has 0 aliphatic carbocycles. The standard InChI is InChI=1S/C45H84/c1-3-5-7-9-11-13-15-17-19-21-23-25-27-29-32-38-44(42-36-37-43-45-40-34-31-35-41-45)39-33-30-28-26-24-22-20-18-16-14-12-10-8-6-4-2/h31,34-35,40-41,44H,3-30,32-33,36-39,42-43H2,1-2H3. The van der Waals surface area contributed by atoms with E-state index in [1.54, 1.807) is 0 Å². The second-order valence-electron chi connectivity index (χ2n) is 15.1. The molecule has 1 rings (SSSR count). The summed E-state index contributed by atoms with van der Waals surface area (Å²) in [5, 5.41) is 0. The van der Waals surface area contributed by atoms with Crippen molar-refractivity contribution in [3.63, 3.8) is 0 Å². The minimum atomic E-state index is 0.990. The molecular formula is C45H84. The lowest BCUT2D eigenvalue weighted by Gasteiger charge is -2.17. The molecule has 0 atom stereocenters. The summed E-state index contributed by atoms with van der Waals surface area (Å²) in [6, 6.07) is 11.2. The maximum Gasteiger partial charge on any atom is -0.0279 e. The van der Waals surface area contributed by atoms with E-state index in [-0.39, 0.29) is 0 Å². The minimum absolute atomic E-state index is 0.990. The predicted octanol–water partition coefficient (Wildman–Crippen LogP) is 16.5. The molecule has 0 aromatic heterocycles. The lowest BCUT2D eigenvalue weighted by molar-refractivity contribution is 0.368. The Hall–Kier alpha value is -0.780. The Balaban J connectivity index is 2.05. The first-order valence-electron chi connectivity index (χ1n) is 21.4. The first-order valence-corrected chi connectivity index (χ1v) is 21.4. The second kappa shape index (κ2) is 36.1. The Morgan fingerprint density at radius 1 is 0.311 bits per heavy atom. The first kappa shape index (κ1) is 42.2. The molecule has 0 unspecified atom stereocenters. The quantitative estimate of drug-likeness (QED) is 0.0646. The summed E-state index contributed by atoms with van der Waals surface area (Å²) in [5.74, 6) is 0.990. The van der Waals surface area contributed by atoms with Crippen LogP contribution in [0.25, 0.3) is 0 Å². The molecule has 0 heteroatoms. The molecule has 0 bridgehead atoms. The number of unbranched alkanes of at least 4 members (excludes halogenated alkanes) is 29. The summed E-state index contributed by atoms with van der Waals surface area (Å²) in [4.78, 5) is 0. The van der Waals surface area contributed by atoms with E-state index in [1.165, 1.54) is 237 Å². The van der Waals surface area contributed by atoms with Gasteiger partial charge in [-0.15, -0.1) is 0 Å². The summed E-state index contributed by atoms with van der Waals surface area (Å²) in [6.07, 6.45) is 52.7. The van der Waals surface area contributed by atoms with Crippen LogP contribution in [-0.4, -0.2) is 0 Å². The fourth-order valence-corrected chi connectivity index (χ4v) is 7.45. The van der Waals surface area contributed by atoms with Gasteiger partial charge in [-0.25, -0.2) is 0 Å². The predicted molar refractivity (Wildman–Crippen MR) is 207 cm³/mol. The van der Waals surface area contributed by atoms with Crippen LogP contribution in [0.1, 0.15) is 244 Å². The molecule has 0 aliphatic heterocycles. The first-order chi connectivity index (χ1) is 22.4. The summed E-state index contributed by atoms with van der Waals surface area (Å²) < 4.78 is 0. The van der Waals surface area contributed by atoms with E-state index >= 15 is 0 Å². The van der Waals surface area contributed by atoms with Crippen molar-refractivity contribution in [1.29, 1.82) is 0 Å². The Morgan fingerprint density at radius 2 is 0.578 bits per heavy atom. The van der Waals surface area contributed by atoms with Crippen molar-refractivity contribution >= 4 is 0 Å². The Kier molecular flexibility index (Phi) is 33.9. The highest BCUT2D eigenvalue weighted by Gasteiger charge is 2.09. The van der Waals surface area contributed by atoms with Gasteiger partial charge in [0.25, 0.3) is 0 Å². The molecule has 264 valence electrons. The monoisotopic (exact) mass is 625 g/mol. The van der Waals surface area contributed by atoms with E-state index in [1.807, 2.05) is 0 Å². The van der Waals surface area contributed by atoms with Gasteiger partial charge in [-0.05, 0) is 24.3 Å². The molecule has 0 nitrogen and oxygen atoms in total. The average molecular weight is 625 g/mol. The average Bonchev–Trinajstić information content (AvgIpc) is 3.06. The Morgan fingerprint density at radius 3 is 0.889 bits per heavy atom. The van der Waals surface area contributed by atoms with Crippen LogP contribution in [0.5, 0.6) is 0 Å². The van der Waals surface area contributed by atoms with Gasteiger partial charge in [-0.1, -0.05) is 262 Å². The molecule has 0 spiro atoms. The van der Waals surface area contributed by atoms with Crippen LogP contribution >= 0.6 is 0 Å². The molecule has 0 amide bonds. The maximum absolute atomic E-state index is 2.31. The molecule has 45 heavy (non-hydrogen) atoms. The van der Waals surface area contributed by atoms with E-state index < -0.39 is 0 Å². The smallest absolute Gasteiger partial charge is 0.0279 e. The normalized spacial score (nSPS) is 11.6. The van der Waals surface area contributed by atoms with Crippen molar-refractivity contribution in [2.45, 2.75) is 245 Å². The van der Waals surface area contributed by atoms with Gasteiger partial charge in [0, 0.05) is 0 Å². The fourth-order valence-electron chi connectivity index (χ4n) is 7.45. The van der Waals surface area contributed by atoms with Crippen molar-refractivity contribution < 1.29 is 0 Å². The van der Waals surface area contributed by atoms with Crippen LogP contribution in [0, 0.1) is 5.92 Å². The largest absolute Gasteiger partial charge is 0.0654 e. The lowest BCUT2D eigenvalue weighted by Crippen LogP contribution is -2.02. The van der Waals surface area contributed by atoms with Gasteiger partial charge < -0.3 is 0 Å². The number of benzene rings is 1. The highest BCUT2D eigenvalue weighted by Crippen LogP contribution is 2.25. The van der Waals surface area contributed by atoms with Gasteiger partial charge in [0.2, 0.25) is 0 Å². The topological polar surface area (TPSA) is 0 Å². The third-order valence-electron chi connectivity index (χ3n) is 10.6. The summed E-state index contributed by atoms with van der Waals surface area (Å²) in [5.41, 5.74) is 1.53. The van der Waals surface area contributed by atoms with Crippen LogP contribution in [0.4, 0.5) is 0 Å². The van der Waals surface area contributed by atoms with Gasteiger partial charge >= 0.3 is 0 Å². The number of hydrogen-bond donors (Lipinski definition) is 0. The van der Waals surface area contributed by atoms with Crippen molar-refractivity contribution in [1.82, 2.24) is 0 Å². The summed E-state index contributed by atoms with van der Waals surface area (Å²) in [7, 11) is 0. The third kappa shape index (κ3) is 31.6. The Labute approximate surface area is 286 Å².